The lowest BCUT2D eigenvalue weighted by atomic mass is 9.97. The number of halogens is 3. The minimum atomic E-state index is -4.35. The maximum atomic E-state index is 13.6. The van der Waals surface area contributed by atoms with Crippen LogP contribution >= 0.6 is 11.3 Å². The van der Waals surface area contributed by atoms with Crippen molar-refractivity contribution in [3.8, 4) is 0 Å². The zero-order valence-corrected chi connectivity index (χ0v) is 20.1. The number of nitrogens with zero attached hydrogens (tertiary/aromatic N) is 1. The Bertz CT molecular complexity index is 1280. The number of benzene rings is 2. The van der Waals surface area contributed by atoms with Crippen LogP contribution in [0.15, 0.2) is 53.4 Å². The van der Waals surface area contributed by atoms with Crippen molar-refractivity contribution >= 4 is 42.4 Å². The molecular formula is C23H24F3NO5S2. The molecule has 0 aliphatic carbocycles. The lowest BCUT2D eigenvalue weighted by Crippen LogP contribution is -2.33. The van der Waals surface area contributed by atoms with Gasteiger partial charge in [-0.15, -0.1) is 11.3 Å². The Kier molecular flexibility index (Phi) is 7.30. The van der Waals surface area contributed by atoms with E-state index in [0.717, 1.165) is 39.9 Å². The van der Waals surface area contributed by atoms with Crippen LogP contribution in [-0.2, 0) is 15.6 Å². The van der Waals surface area contributed by atoms with Gasteiger partial charge < -0.3 is 10.2 Å². The van der Waals surface area contributed by atoms with Crippen LogP contribution in [0, 0.1) is 0 Å². The molecule has 6 nitrogen and oxygen atoms in total. The second-order valence-electron chi connectivity index (χ2n) is 8.32. The molecule has 0 fully saturated rings. The van der Waals surface area contributed by atoms with Gasteiger partial charge in [0.05, 0.1) is 16.1 Å². The molecular weight excluding hydrogens is 491 g/mol. The van der Waals surface area contributed by atoms with E-state index >= 15 is 0 Å². The Morgan fingerprint density at radius 1 is 1.03 bits per heavy atom. The third kappa shape index (κ3) is 5.70. The number of hydrogen-bond acceptors (Lipinski definition) is 5. The molecule has 3 rings (SSSR count). The highest BCUT2D eigenvalue weighted by Crippen LogP contribution is 2.45. The number of hydrogen-bond donors (Lipinski definition) is 2. The van der Waals surface area contributed by atoms with E-state index < -0.39 is 34.2 Å². The van der Waals surface area contributed by atoms with E-state index in [4.69, 9.17) is 5.11 Å². The van der Waals surface area contributed by atoms with E-state index in [9.17, 15) is 31.5 Å². The van der Waals surface area contributed by atoms with Crippen molar-refractivity contribution in [3.63, 3.8) is 0 Å². The fourth-order valence-electron chi connectivity index (χ4n) is 3.61. The summed E-state index contributed by atoms with van der Waals surface area (Å²) in [6, 6.07) is 11.6. The van der Waals surface area contributed by atoms with Crippen molar-refractivity contribution < 1.29 is 36.6 Å². The maximum absolute atomic E-state index is 13.6. The van der Waals surface area contributed by atoms with Crippen molar-refractivity contribution in [2.75, 3.05) is 10.8 Å². The monoisotopic (exact) mass is 515 g/mol. The molecule has 2 N–H and O–H groups in total. The standard InChI is InChI=1S/C23H24F3NO5S2/c1-22(2,30)19-17-7-3-4-8-18(17)33-20(19)27(14-6-5-13-23(24,25)26)34(31,32)16-11-9-15(10-12-16)21(28)29/h3-4,7-12,30H,5-6,13-14H2,1-2H3,(H,28,29). The number of alkyl halides is 3. The predicted octanol–water partition coefficient (Wildman–Crippen LogP) is 5.75. The van der Waals surface area contributed by atoms with Gasteiger partial charge in [0.15, 0.2) is 0 Å². The van der Waals surface area contributed by atoms with Crippen LogP contribution in [0.1, 0.15) is 49.0 Å². The first kappa shape index (κ1) is 26.0. The summed E-state index contributed by atoms with van der Waals surface area (Å²) in [4.78, 5) is 10.9. The van der Waals surface area contributed by atoms with Gasteiger partial charge in [0.25, 0.3) is 10.0 Å². The fourth-order valence-corrected chi connectivity index (χ4v) is 6.72. The van der Waals surface area contributed by atoms with E-state index in [-0.39, 0.29) is 34.8 Å². The minimum Gasteiger partial charge on any atom is -0.478 e. The highest BCUT2D eigenvalue weighted by Gasteiger charge is 2.34. The first-order valence-electron chi connectivity index (χ1n) is 10.4. The lowest BCUT2D eigenvalue weighted by Gasteiger charge is -2.28. The highest BCUT2D eigenvalue weighted by atomic mass is 32.2. The van der Waals surface area contributed by atoms with E-state index in [1.807, 2.05) is 0 Å². The number of rotatable bonds is 9. The molecule has 184 valence electrons. The molecule has 0 atom stereocenters. The van der Waals surface area contributed by atoms with Gasteiger partial charge in [-0.25, -0.2) is 13.2 Å². The third-order valence-electron chi connectivity index (χ3n) is 5.18. The quantitative estimate of drug-likeness (QED) is 0.354. The van der Waals surface area contributed by atoms with Crippen LogP contribution in [-0.4, -0.2) is 37.3 Å². The average molecular weight is 516 g/mol. The Hall–Kier alpha value is -2.63. The molecule has 3 aromatic rings. The number of anilines is 1. The minimum absolute atomic E-state index is 0.0640. The fraction of sp³-hybridized carbons (Fsp3) is 0.348. The van der Waals surface area contributed by atoms with Crippen molar-refractivity contribution in [1.82, 2.24) is 0 Å². The molecule has 0 aliphatic rings. The van der Waals surface area contributed by atoms with Crippen LogP contribution in [0.3, 0.4) is 0 Å². The largest absolute Gasteiger partial charge is 0.478 e. The van der Waals surface area contributed by atoms with Crippen molar-refractivity contribution in [2.45, 2.75) is 49.8 Å². The number of carboxylic acids is 1. The van der Waals surface area contributed by atoms with Gasteiger partial charge in [-0.3, -0.25) is 4.31 Å². The first-order valence-corrected chi connectivity index (χ1v) is 12.6. The molecule has 1 aromatic heterocycles. The zero-order valence-electron chi connectivity index (χ0n) is 18.5. The summed E-state index contributed by atoms with van der Waals surface area (Å²) in [5.74, 6) is -1.22. The van der Waals surface area contributed by atoms with E-state index in [1.165, 1.54) is 13.8 Å². The summed E-state index contributed by atoms with van der Waals surface area (Å²) in [6.07, 6.45) is -5.73. The summed E-state index contributed by atoms with van der Waals surface area (Å²) in [7, 11) is -4.28. The maximum Gasteiger partial charge on any atom is 0.389 e. The van der Waals surface area contributed by atoms with Gasteiger partial charge >= 0.3 is 12.1 Å². The van der Waals surface area contributed by atoms with E-state index in [2.05, 4.69) is 0 Å². The summed E-state index contributed by atoms with van der Waals surface area (Å²) < 4.78 is 67.0. The molecule has 11 heteroatoms. The van der Waals surface area contributed by atoms with Crippen LogP contribution in [0.5, 0.6) is 0 Å². The Labute approximate surface area is 199 Å². The van der Waals surface area contributed by atoms with Gasteiger partial charge in [-0.05, 0) is 57.0 Å². The van der Waals surface area contributed by atoms with Crippen LogP contribution in [0.25, 0.3) is 10.1 Å². The number of carboxylic acid groups (broad SMARTS) is 1. The number of sulfonamides is 1. The molecule has 0 saturated heterocycles. The first-order chi connectivity index (χ1) is 15.7. The number of fused-ring (bicyclic) bond motifs is 1. The van der Waals surface area contributed by atoms with Crippen molar-refractivity contribution in [2.24, 2.45) is 0 Å². The average Bonchev–Trinajstić information content (AvgIpc) is 3.12. The lowest BCUT2D eigenvalue weighted by molar-refractivity contribution is -0.135. The number of aliphatic hydroxyl groups is 1. The number of aromatic carboxylic acids is 1. The Morgan fingerprint density at radius 2 is 1.65 bits per heavy atom. The van der Waals surface area contributed by atoms with Crippen LogP contribution in [0.2, 0.25) is 0 Å². The molecule has 0 unspecified atom stereocenters. The molecule has 1 heterocycles. The van der Waals surface area contributed by atoms with Crippen molar-refractivity contribution in [1.29, 1.82) is 0 Å². The highest BCUT2D eigenvalue weighted by molar-refractivity contribution is 7.93. The second-order valence-corrected chi connectivity index (χ2v) is 11.2. The molecule has 0 bridgehead atoms. The number of carbonyl (C=O) groups is 1. The van der Waals surface area contributed by atoms with Gasteiger partial charge in [0.1, 0.15) is 5.00 Å². The molecule has 0 amide bonds. The predicted molar refractivity (Wildman–Crippen MR) is 125 cm³/mol. The zero-order chi connectivity index (χ0) is 25.3. The second kappa shape index (κ2) is 9.55. The summed E-state index contributed by atoms with van der Waals surface area (Å²) >= 11 is 1.12. The Morgan fingerprint density at radius 3 is 2.21 bits per heavy atom. The summed E-state index contributed by atoms with van der Waals surface area (Å²) in [5, 5.41) is 20.8. The van der Waals surface area contributed by atoms with Crippen LogP contribution in [0.4, 0.5) is 18.2 Å². The SMILES string of the molecule is CC(C)(O)c1c(N(CCCCC(F)(F)F)S(=O)(=O)c2ccc(C(=O)O)cc2)sc2ccccc12. The van der Waals surface area contributed by atoms with Gasteiger partial charge in [-0.1, -0.05) is 18.2 Å². The van der Waals surface area contributed by atoms with Crippen molar-refractivity contribution in [3.05, 3.63) is 59.7 Å². The number of unbranched alkanes of at least 4 members (excludes halogenated alkanes) is 1. The summed E-state index contributed by atoms with van der Waals surface area (Å²) in [5.41, 5.74) is -1.19. The Balaban J connectivity index is 2.12. The third-order valence-corrected chi connectivity index (χ3v) is 8.30. The molecule has 0 saturated carbocycles. The molecule has 2 aromatic carbocycles. The molecule has 0 radical (unpaired) electrons. The van der Waals surface area contributed by atoms with E-state index in [0.29, 0.717) is 15.6 Å². The van der Waals surface area contributed by atoms with Gasteiger partial charge in [0.2, 0.25) is 0 Å². The topological polar surface area (TPSA) is 94.9 Å². The van der Waals surface area contributed by atoms with Gasteiger partial charge in [-0.2, -0.15) is 13.2 Å². The molecule has 0 spiro atoms. The van der Waals surface area contributed by atoms with E-state index in [1.54, 1.807) is 24.3 Å². The van der Waals surface area contributed by atoms with Gasteiger partial charge in [0, 0.05) is 28.6 Å². The number of thiophene rings is 1. The van der Waals surface area contributed by atoms with Crippen LogP contribution < -0.4 is 4.31 Å². The molecule has 34 heavy (non-hydrogen) atoms. The summed E-state index contributed by atoms with van der Waals surface area (Å²) in [6.45, 7) is 2.79. The molecule has 0 aliphatic heterocycles. The normalized spacial score (nSPS) is 12.8. The smallest absolute Gasteiger partial charge is 0.389 e.